The highest BCUT2D eigenvalue weighted by atomic mass is 35.5. The van der Waals surface area contributed by atoms with Crippen molar-refractivity contribution in [3.8, 4) is 5.88 Å². The first-order valence-electron chi connectivity index (χ1n) is 6.37. The fourth-order valence-corrected chi connectivity index (χ4v) is 2.74. The van der Waals surface area contributed by atoms with Crippen LogP contribution in [0.2, 0.25) is 4.34 Å². The first-order chi connectivity index (χ1) is 9.95. The SMILES string of the molecule is Cc1cc(OCC(=O)N(C)Cc2ccc(Cl)s2)nnc1C. The summed E-state index contributed by atoms with van der Waals surface area (Å²) >= 11 is 7.33. The molecule has 112 valence electrons. The second kappa shape index (κ2) is 6.87. The number of hydrogen-bond acceptors (Lipinski definition) is 5. The van der Waals surface area contributed by atoms with Gasteiger partial charge in [0.1, 0.15) is 0 Å². The van der Waals surface area contributed by atoms with Crippen LogP contribution < -0.4 is 4.74 Å². The van der Waals surface area contributed by atoms with E-state index in [1.807, 2.05) is 26.0 Å². The van der Waals surface area contributed by atoms with Gasteiger partial charge in [-0.15, -0.1) is 16.4 Å². The largest absolute Gasteiger partial charge is 0.466 e. The molecule has 0 bridgehead atoms. The molecule has 7 heteroatoms. The van der Waals surface area contributed by atoms with E-state index in [0.29, 0.717) is 16.8 Å². The van der Waals surface area contributed by atoms with Gasteiger partial charge >= 0.3 is 0 Å². The quantitative estimate of drug-likeness (QED) is 0.848. The van der Waals surface area contributed by atoms with Gasteiger partial charge in [-0.25, -0.2) is 0 Å². The smallest absolute Gasteiger partial charge is 0.260 e. The minimum Gasteiger partial charge on any atom is -0.466 e. The summed E-state index contributed by atoms with van der Waals surface area (Å²) in [5, 5.41) is 7.86. The molecular weight excluding hydrogens is 310 g/mol. The van der Waals surface area contributed by atoms with E-state index in [1.54, 1.807) is 18.0 Å². The van der Waals surface area contributed by atoms with Gasteiger partial charge in [0.25, 0.3) is 5.91 Å². The second-order valence-electron chi connectivity index (χ2n) is 4.70. The maximum atomic E-state index is 12.0. The van der Waals surface area contributed by atoms with Crippen LogP contribution >= 0.6 is 22.9 Å². The van der Waals surface area contributed by atoms with Gasteiger partial charge in [0, 0.05) is 18.0 Å². The number of thiophene rings is 1. The molecule has 0 saturated carbocycles. The van der Waals surface area contributed by atoms with Gasteiger partial charge in [0.05, 0.1) is 16.6 Å². The molecule has 0 spiro atoms. The minimum atomic E-state index is -0.125. The molecule has 0 fully saturated rings. The number of aromatic nitrogens is 2. The number of ether oxygens (including phenoxy) is 1. The molecule has 2 heterocycles. The molecule has 2 aromatic heterocycles. The van der Waals surface area contributed by atoms with Gasteiger partial charge in [-0.05, 0) is 31.5 Å². The summed E-state index contributed by atoms with van der Waals surface area (Å²) in [6, 6.07) is 5.50. The lowest BCUT2D eigenvalue weighted by atomic mass is 10.2. The third-order valence-corrected chi connectivity index (χ3v) is 4.22. The molecule has 0 N–H and O–H groups in total. The zero-order chi connectivity index (χ0) is 15.4. The number of likely N-dealkylation sites (N-methyl/N-ethyl adjacent to an activating group) is 1. The van der Waals surface area contributed by atoms with Gasteiger partial charge in [0.15, 0.2) is 6.61 Å². The van der Waals surface area contributed by atoms with Crippen LogP contribution in [-0.2, 0) is 11.3 Å². The molecule has 0 radical (unpaired) electrons. The molecule has 0 aromatic carbocycles. The molecule has 2 aromatic rings. The maximum Gasteiger partial charge on any atom is 0.260 e. The monoisotopic (exact) mass is 325 g/mol. The second-order valence-corrected chi connectivity index (χ2v) is 6.49. The molecule has 2 rings (SSSR count). The number of amides is 1. The molecule has 0 aliphatic carbocycles. The van der Waals surface area contributed by atoms with Crippen molar-refractivity contribution in [2.45, 2.75) is 20.4 Å². The molecule has 5 nitrogen and oxygen atoms in total. The van der Waals surface area contributed by atoms with Crippen LogP contribution in [0.4, 0.5) is 0 Å². The fourth-order valence-electron chi connectivity index (χ4n) is 1.60. The number of carbonyl (C=O) groups excluding carboxylic acids is 1. The lowest BCUT2D eigenvalue weighted by Crippen LogP contribution is -2.30. The molecule has 0 aliphatic heterocycles. The van der Waals surface area contributed by atoms with E-state index in [0.717, 1.165) is 16.1 Å². The van der Waals surface area contributed by atoms with Crippen molar-refractivity contribution in [2.24, 2.45) is 0 Å². The molecule has 0 atom stereocenters. The van der Waals surface area contributed by atoms with Crippen LogP contribution in [0.1, 0.15) is 16.1 Å². The minimum absolute atomic E-state index is 0.0627. The first kappa shape index (κ1) is 15.7. The van der Waals surface area contributed by atoms with Crippen LogP contribution in [-0.4, -0.2) is 34.7 Å². The standard InChI is InChI=1S/C14H16ClN3O2S/c1-9-6-13(17-16-10(9)2)20-8-14(19)18(3)7-11-4-5-12(15)21-11/h4-6H,7-8H2,1-3H3. The summed E-state index contributed by atoms with van der Waals surface area (Å²) in [6.45, 7) is 4.24. The normalized spacial score (nSPS) is 10.5. The molecule has 1 amide bonds. The lowest BCUT2D eigenvalue weighted by molar-refractivity contribution is -0.132. The number of nitrogens with zero attached hydrogens (tertiary/aromatic N) is 3. The van der Waals surface area contributed by atoms with Gasteiger partial charge < -0.3 is 9.64 Å². The number of halogens is 1. The Morgan fingerprint density at radius 3 is 2.76 bits per heavy atom. The van der Waals surface area contributed by atoms with Gasteiger partial charge in [0.2, 0.25) is 5.88 Å². The zero-order valence-corrected chi connectivity index (χ0v) is 13.7. The van der Waals surface area contributed by atoms with Crippen molar-refractivity contribution in [3.05, 3.63) is 38.7 Å². The third-order valence-electron chi connectivity index (χ3n) is 3.00. The fraction of sp³-hybridized carbons (Fsp3) is 0.357. The van der Waals surface area contributed by atoms with E-state index in [9.17, 15) is 4.79 Å². The van der Waals surface area contributed by atoms with Crippen molar-refractivity contribution >= 4 is 28.8 Å². The Morgan fingerprint density at radius 1 is 1.38 bits per heavy atom. The van der Waals surface area contributed by atoms with Crippen molar-refractivity contribution in [1.29, 1.82) is 0 Å². The average molecular weight is 326 g/mol. The van der Waals surface area contributed by atoms with Crippen LogP contribution in [0.15, 0.2) is 18.2 Å². The lowest BCUT2D eigenvalue weighted by Gasteiger charge is -2.16. The summed E-state index contributed by atoms with van der Waals surface area (Å²) in [5.41, 5.74) is 1.83. The number of rotatable bonds is 5. The van der Waals surface area contributed by atoms with Crippen LogP contribution in [0.3, 0.4) is 0 Å². The Kier molecular flexibility index (Phi) is 5.14. The summed E-state index contributed by atoms with van der Waals surface area (Å²) in [7, 11) is 1.73. The van der Waals surface area contributed by atoms with Crippen molar-refractivity contribution in [2.75, 3.05) is 13.7 Å². The highest BCUT2D eigenvalue weighted by molar-refractivity contribution is 7.16. The zero-order valence-electron chi connectivity index (χ0n) is 12.1. The predicted molar refractivity (Wildman–Crippen MR) is 82.8 cm³/mol. The van der Waals surface area contributed by atoms with Gasteiger partial charge in [-0.2, -0.15) is 5.10 Å². The molecule has 0 unspecified atom stereocenters. The summed E-state index contributed by atoms with van der Waals surface area (Å²) in [5.74, 6) is 0.235. The molecule has 21 heavy (non-hydrogen) atoms. The summed E-state index contributed by atoms with van der Waals surface area (Å²) in [4.78, 5) is 14.6. The van der Waals surface area contributed by atoms with E-state index in [2.05, 4.69) is 10.2 Å². The number of aryl methyl sites for hydroxylation is 2. The molecular formula is C14H16ClN3O2S. The highest BCUT2D eigenvalue weighted by Crippen LogP contribution is 2.22. The summed E-state index contributed by atoms with van der Waals surface area (Å²) in [6.07, 6.45) is 0. The Balaban J connectivity index is 1.87. The molecule has 0 saturated heterocycles. The average Bonchev–Trinajstić information content (AvgIpc) is 2.85. The predicted octanol–water partition coefficient (Wildman–Crippen LogP) is 2.85. The van der Waals surface area contributed by atoms with Gasteiger partial charge in [-0.1, -0.05) is 11.6 Å². The van der Waals surface area contributed by atoms with Gasteiger partial charge in [-0.3, -0.25) is 4.79 Å². The molecule has 0 aliphatic rings. The third kappa shape index (κ3) is 4.41. The van der Waals surface area contributed by atoms with Crippen molar-refractivity contribution in [1.82, 2.24) is 15.1 Å². The van der Waals surface area contributed by atoms with E-state index in [-0.39, 0.29) is 12.5 Å². The Morgan fingerprint density at radius 2 is 2.14 bits per heavy atom. The Hall–Kier alpha value is -1.66. The van der Waals surface area contributed by atoms with Crippen LogP contribution in [0, 0.1) is 13.8 Å². The highest BCUT2D eigenvalue weighted by Gasteiger charge is 2.12. The maximum absolute atomic E-state index is 12.0. The van der Waals surface area contributed by atoms with Crippen molar-refractivity contribution < 1.29 is 9.53 Å². The van der Waals surface area contributed by atoms with E-state index >= 15 is 0 Å². The summed E-state index contributed by atoms with van der Waals surface area (Å²) < 4.78 is 6.10. The van der Waals surface area contributed by atoms with E-state index in [1.165, 1.54) is 11.3 Å². The topological polar surface area (TPSA) is 55.3 Å². The van der Waals surface area contributed by atoms with Crippen LogP contribution in [0.5, 0.6) is 5.88 Å². The Labute approximate surface area is 132 Å². The van der Waals surface area contributed by atoms with E-state index < -0.39 is 0 Å². The first-order valence-corrected chi connectivity index (χ1v) is 7.57. The van der Waals surface area contributed by atoms with E-state index in [4.69, 9.17) is 16.3 Å². The Bertz CT molecular complexity index is 645. The van der Waals surface area contributed by atoms with Crippen LogP contribution in [0.25, 0.3) is 0 Å². The number of carbonyl (C=O) groups is 1. The van der Waals surface area contributed by atoms with Crippen molar-refractivity contribution in [3.63, 3.8) is 0 Å². The number of hydrogen-bond donors (Lipinski definition) is 0.